The van der Waals surface area contributed by atoms with Gasteiger partial charge in [0.1, 0.15) is 23.1 Å². The largest absolute Gasteiger partial charge is 0.457 e. The summed E-state index contributed by atoms with van der Waals surface area (Å²) in [5.41, 5.74) is 0.725. The van der Waals surface area contributed by atoms with Crippen LogP contribution in [0.25, 0.3) is 0 Å². The molecule has 2 nitrogen and oxygen atoms in total. The van der Waals surface area contributed by atoms with Gasteiger partial charge in [-0.05, 0) is 43.7 Å². The summed E-state index contributed by atoms with van der Waals surface area (Å²) in [6.45, 7) is 3.11. The summed E-state index contributed by atoms with van der Waals surface area (Å²) in [5, 5.41) is 9.63. The predicted molar refractivity (Wildman–Crippen MR) is 68.2 cm³/mol. The van der Waals surface area contributed by atoms with Crippen LogP contribution in [0.5, 0.6) is 11.5 Å². The van der Waals surface area contributed by atoms with E-state index in [4.69, 9.17) is 4.74 Å². The molecule has 0 heterocycles. The topological polar surface area (TPSA) is 29.5 Å². The van der Waals surface area contributed by atoms with Crippen molar-refractivity contribution in [3.63, 3.8) is 0 Å². The smallest absolute Gasteiger partial charge is 0.133 e. The van der Waals surface area contributed by atoms with Crippen LogP contribution in [-0.4, -0.2) is 5.11 Å². The molecular formula is C15H14F2O2. The van der Waals surface area contributed by atoms with E-state index in [1.807, 2.05) is 0 Å². The van der Waals surface area contributed by atoms with Crippen LogP contribution in [-0.2, 0) is 0 Å². The maximum absolute atomic E-state index is 13.5. The molecule has 4 heteroatoms. The van der Waals surface area contributed by atoms with E-state index in [9.17, 15) is 13.9 Å². The van der Waals surface area contributed by atoms with Crippen molar-refractivity contribution in [2.75, 3.05) is 0 Å². The van der Waals surface area contributed by atoms with Gasteiger partial charge in [0.15, 0.2) is 0 Å². The standard InChI is InChI=1S/C15H14F2O2/c1-9-6-15(13(10(2)18)8-14(9)17)19-12-5-3-4-11(16)7-12/h3-8,10,18H,1-2H3/t10-/m0/s1. The van der Waals surface area contributed by atoms with Crippen molar-refractivity contribution in [1.29, 1.82) is 0 Å². The summed E-state index contributed by atoms with van der Waals surface area (Å²) in [7, 11) is 0. The van der Waals surface area contributed by atoms with E-state index in [0.717, 1.165) is 0 Å². The number of rotatable bonds is 3. The highest BCUT2D eigenvalue weighted by Crippen LogP contribution is 2.32. The van der Waals surface area contributed by atoms with Gasteiger partial charge in [-0.2, -0.15) is 0 Å². The van der Waals surface area contributed by atoms with Crippen LogP contribution in [0, 0.1) is 18.6 Å². The van der Waals surface area contributed by atoms with Gasteiger partial charge in [0.2, 0.25) is 0 Å². The van der Waals surface area contributed by atoms with Crippen LogP contribution >= 0.6 is 0 Å². The first-order chi connectivity index (χ1) is 8.97. The van der Waals surface area contributed by atoms with Gasteiger partial charge < -0.3 is 9.84 Å². The van der Waals surface area contributed by atoms with Crippen molar-refractivity contribution in [3.05, 3.63) is 59.2 Å². The molecule has 0 radical (unpaired) electrons. The van der Waals surface area contributed by atoms with Gasteiger partial charge in [0, 0.05) is 11.6 Å². The number of aliphatic hydroxyl groups excluding tert-OH is 1. The van der Waals surface area contributed by atoms with Crippen LogP contribution in [0.3, 0.4) is 0 Å². The molecule has 0 aliphatic heterocycles. The van der Waals surface area contributed by atoms with Crippen molar-refractivity contribution in [2.45, 2.75) is 20.0 Å². The molecular weight excluding hydrogens is 250 g/mol. The van der Waals surface area contributed by atoms with Crippen molar-refractivity contribution < 1.29 is 18.6 Å². The maximum Gasteiger partial charge on any atom is 0.133 e. The number of hydrogen-bond acceptors (Lipinski definition) is 2. The average Bonchev–Trinajstić information content (AvgIpc) is 2.33. The van der Waals surface area contributed by atoms with Crippen molar-refractivity contribution in [1.82, 2.24) is 0 Å². The Morgan fingerprint density at radius 2 is 1.89 bits per heavy atom. The van der Waals surface area contributed by atoms with Crippen molar-refractivity contribution >= 4 is 0 Å². The molecule has 0 saturated carbocycles. The zero-order valence-corrected chi connectivity index (χ0v) is 10.7. The Labute approximate surface area is 110 Å². The summed E-state index contributed by atoms with van der Waals surface area (Å²) in [6.07, 6.45) is -0.876. The number of halogens is 2. The molecule has 1 N–H and O–H groups in total. The van der Waals surface area contributed by atoms with E-state index in [1.54, 1.807) is 13.0 Å². The van der Waals surface area contributed by atoms with Crippen LogP contribution in [0.1, 0.15) is 24.2 Å². The van der Waals surface area contributed by atoms with Crippen molar-refractivity contribution in [3.8, 4) is 11.5 Å². The van der Waals surface area contributed by atoms with E-state index in [1.165, 1.54) is 37.3 Å². The second kappa shape index (κ2) is 5.36. The lowest BCUT2D eigenvalue weighted by Gasteiger charge is -2.14. The Bertz CT molecular complexity index is 595. The summed E-state index contributed by atoms with van der Waals surface area (Å²) < 4.78 is 32.1. The number of aryl methyl sites for hydroxylation is 1. The van der Waals surface area contributed by atoms with Gasteiger partial charge in [0.25, 0.3) is 0 Å². The molecule has 0 saturated heterocycles. The number of aliphatic hydroxyl groups is 1. The van der Waals surface area contributed by atoms with E-state index < -0.39 is 17.7 Å². The van der Waals surface area contributed by atoms with E-state index in [2.05, 4.69) is 0 Å². The molecule has 0 aliphatic rings. The number of benzene rings is 2. The summed E-state index contributed by atoms with van der Waals surface area (Å²) >= 11 is 0. The third kappa shape index (κ3) is 3.09. The lowest BCUT2D eigenvalue weighted by Crippen LogP contribution is -1.99. The maximum atomic E-state index is 13.5. The first-order valence-electron chi connectivity index (χ1n) is 5.89. The molecule has 19 heavy (non-hydrogen) atoms. The fourth-order valence-corrected chi connectivity index (χ4v) is 1.74. The minimum atomic E-state index is -0.876. The number of ether oxygens (including phenoxy) is 1. The van der Waals surface area contributed by atoms with E-state index in [-0.39, 0.29) is 0 Å². The summed E-state index contributed by atoms with van der Waals surface area (Å²) in [6, 6.07) is 8.36. The van der Waals surface area contributed by atoms with Gasteiger partial charge in [-0.1, -0.05) is 6.07 Å². The van der Waals surface area contributed by atoms with Gasteiger partial charge in [-0.3, -0.25) is 0 Å². The quantitative estimate of drug-likeness (QED) is 0.903. The molecule has 2 rings (SSSR count). The fourth-order valence-electron chi connectivity index (χ4n) is 1.74. The van der Waals surface area contributed by atoms with Crippen LogP contribution in [0.2, 0.25) is 0 Å². The average molecular weight is 264 g/mol. The predicted octanol–water partition coefficient (Wildman–Crippen LogP) is 4.12. The molecule has 0 spiro atoms. The number of hydrogen-bond donors (Lipinski definition) is 1. The van der Waals surface area contributed by atoms with Crippen molar-refractivity contribution in [2.24, 2.45) is 0 Å². The van der Waals surface area contributed by atoms with Gasteiger partial charge >= 0.3 is 0 Å². The van der Waals surface area contributed by atoms with E-state index in [0.29, 0.717) is 22.6 Å². The SMILES string of the molecule is Cc1cc(Oc2cccc(F)c2)c([C@H](C)O)cc1F. The van der Waals surface area contributed by atoms with Crippen LogP contribution in [0.15, 0.2) is 36.4 Å². The Kier molecular flexibility index (Phi) is 3.81. The first kappa shape index (κ1) is 13.5. The Balaban J connectivity index is 2.41. The second-order valence-electron chi connectivity index (χ2n) is 4.37. The fraction of sp³-hybridized carbons (Fsp3) is 0.200. The summed E-state index contributed by atoms with van der Waals surface area (Å²) in [5.74, 6) is -0.218. The van der Waals surface area contributed by atoms with E-state index >= 15 is 0 Å². The van der Waals surface area contributed by atoms with Gasteiger partial charge in [-0.25, -0.2) is 8.78 Å². The molecule has 0 fully saturated rings. The lowest BCUT2D eigenvalue weighted by atomic mass is 10.1. The molecule has 100 valence electrons. The summed E-state index contributed by atoms with van der Waals surface area (Å²) in [4.78, 5) is 0. The Hall–Kier alpha value is -1.94. The Morgan fingerprint density at radius 1 is 1.16 bits per heavy atom. The third-order valence-electron chi connectivity index (χ3n) is 2.77. The molecule has 2 aromatic rings. The molecule has 0 aliphatic carbocycles. The highest BCUT2D eigenvalue weighted by molar-refractivity contribution is 5.42. The second-order valence-corrected chi connectivity index (χ2v) is 4.37. The monoisotopic (exact) mass is 264 g/mol. The van der Waals surface area contributed by atoms with Crippen LogP contribution < -0.4 is 4.74 Å². The highest BCUT2D eigenvalue weighted by Gasteiger charge is 2.14. The first-order valence-corrected chi connectivity index (χ1v) is 5.89. The van der Waals surface area contributed by atoms with Gasteiger partial charge in [-0.15, -0.1) is 0 Å². The zero-order valence-electron chi connectivity index (χ0n) is 10.7. The molecule has 0 amide bonds. The van der Waals surface area contributed by atoms with Gasteiger partial charge in [0.05, 0.1) is 6.10 Å². The molecule has 0 unspecified atom stereocenters. The minimum absolute atomic E-state index is 0.299. The zero-order chi connectivity index (χ0) is 14.0. The molecule has 0 aromatic heterocycles. The highest BCUT2D eigenvalue weighted by atomic mass is 19.1. The molecule has 2 aromatic carbocycles. The lowest BCUT2D eigenvalue weighted by molar-refractivity contribution is 0.195. The van der Waals surface area contributed by atoms with Crippen LogP contribution in [0.4, 0.5) is 8.78 Å². The molecule has 0 bridgehead atoms. The third-order valence-corrected chi connectivity index (χ3v) is 2.77. The minimum Gasteiger partial charge on any atom is -0.457 e. The normalized spacial score (nSPS) is 12.3. The Morgan fingerprint density at radius 3 is 2.53 bits per heavy atom. The molecule has 1 atom stereocenters.